The monoisotopic (exact) mass is 264 g/mol. The van der Waals surface area contributed by atoms with Crippen LogP contribution in [0.4, 0.5) is 5.69 Å². The molecule has 2 aromatic rings. The lowest BCUT2D eigenvalue weighted by Crippen LogP contribution is -2.08. The van der Waals surface area contributed by atoms with Gasteiger partial charge in [-0.2, -0.15) is 5.10 Å². The van der Waals surface area contributed by atoms with E-state index in [1.165, 1.54) is 0 Å². The lowest BCUT2D eigenvalue weighted by atomic mass is 10.1. The molecule has 2 heterocycles. The Balaban J connectivity index is 2.18. The van der Waals surface area contributed by atoms with E-state index >= 15 is 0 Å². The highest BCUT2D eigenvalue weighted by Crippen LogP contribution is 2.26. The minimum atomic E-state index is 0.205. The van der Waals surface area contributed by atoms with Gasteiger partial charge in [0.25, 0.3) is 0 Å². The third-order valence-electron chi connectivity index (χ3n) is 2.86. The van der Waals surface area contributed by atoms with Crippen molar-refractivity contribution in [3.63, 3.8) is 0 Å². The van der Waals surface area contributed by atoms with Crippen molar-refractivity contribution in [2.24, 2.45) is 7.05 Å². The van der Waals surface area contributed by atoms with Gasteiger partial charge in [-0.25, -0.2) is 4.98 Å². The van der Waals surface area contributed by atoms with Crippen molar-refractivity contribution in [1.29, 1.82) is 0 Å². The molecule has 4 nitrogen and oxygen atoms in total. The molecule has 0 amide bonds. The highest BCUT2D eigenvalue weighted by Gasteiger charge is 2.15. The second-order valence-corrected chi connectivity index (χ2v) is 5.98. The second kappa shape index (κ2) is 5.10. The maximum Gasteiger partial charge on any atom is 0.0898 e. The minimum absolute atomic E-state index is 0.205. The molecular weight excluding hydrogens is 244 g/mol. The number of nitrogens with zero attached hydrogens (tertiary/aromatic N) is 3. The molecule has 0 saturated carbocycles. The zero-order valence-electron chi connectivity index (χ0n) is 11.6. The molecule has 0 saturated heterocycles. The van der Waals surface area contributed by atoms with Crippen molar-refractivity contribution in [2.75, 3.05) is 5.32 Å². The van der Waals surface area contributed by atoms with Crippen LogP contribution in [0.15, 0.2) is 11.6 Å². The van der Waals surface area contributed by atoms with E-state index in [2.05, 4.69) is 41.6 Å². The average Bonchev–Trinajstić information content (AvgIpc) is 2.85. The first-order valence-electron chi connectivity index (χ1n) is 6.19. The number of aryl methyl sites for hydroxylation is 2. The second-order valence-electron chi connectivity index (χ2n) is 4.91. The van der Waals surface area contributed by atoms with Crippen LogP contribution in [0, 0.1) is 6.92 Å². The fourth-order valence-corrected chi connectivity index (χ4v) is 2.64. The summed E-state index contributed by atoms with van der Waals surface area (Å²) in [6, 6.07) is 0.205. The van der Waals surface area contributed by atoms with Crippen molar-refractivity contribution in [2.45, 2.75) is 39.7 Å². The standard InChI is InChI=1S/C13H20N4S/c1-8(2)13-11(6-17(5)16-13)14-9(3)12-7-18-10(4)15-12/h6-9,14H,1-5H3. The fraction of sp³-hybridized carbons (Fsp3) is 0.538. The van der Waals surface area contributed by atoms with Crippen molar-refractivity contribution in [1.82, 2.24) is 14.8 Å². The summed E-state index contributed by atoms with van der Waals surface area (Å²) in [6.45, 7) is 8.48. The zero-order chi connectivity index (χ0) is 13.3. The van der Waals surface area contributed by atoms with Crippen LogP contribution < -0.4 is 5.32 Å². The molecule has 0 spiro atoms. The summed E-state index contributed by atoms with van der Waals surface area (Å²) in [6.07, 6.45) is 2.03. The maximum atomic E-state index is 4.52. The molecule has 98 valence electrons. The van der Waals surface area contributed by atoms with Crippen molar-refractivity contribution >= 4 is 17.0 Å². The molecule has 0 aromatic carbocycles. The van der Waals surface area contributed by atoms with Gasteiger partial charge in [0.2, 0.25) is 0 Å². The van der Waals surface area contributed by atoms with Crippen LogP contribution in [0.1, 0.15) is 49.1 Å². The zero-order valence-corrected chi connectivity index (χ0v) is 12.4. The molecule has 0 bridgehead atoms. The summed E-state index contributed by atoms with van der Waals surface area (Å²) < 4.78 is 1.86. The summed E-state index contributed by atoms with van der Waals surface area (Å²) in [4.78, 5) is 4.52. The third kappa shape index (κ3) is 2.72. The molecule has 0 aliphatic carbocycles. The van der Waals surface area contributed by atoms with Gasteiger partial charge in [0, 0.05) is 18.6 Å². The fourth-order valence-electron chi connectivity index (χ4n) is 1.93. The molecule has 0 radical (unpaired) electrons. The Morgan fingerprint density at radius 3 is 2.61 bits per heavy atom. The molecule has 2 aromatic heterocycles. The molecule has 2 rings (SSSR count). The van der Waals surface area contributed by atoms with Crippen LogP contribution in [0.3, 0.4) is 0 Å². The molecule has 0 fully saturated rings. The first-order chi connectivity index (χ1) is 8.47. The largest absolute Gasteiger partial charge is 0.374 e. The smallest absolute Gasteiger partial charge is 0.0898 e. The van der Waals surface area contributed by atoms with Crippen LogP contribution in [-0.2, 0) is 7.05 Å². The molecule has 5 heteroatoms. The van der Waals surface area contributed by atoms with Gasteiger partial charge in [-0.3, -0.25) is 4.68 Å². The van der Waals surface area contributed by atoms with Gasteiger partial charge in [0.1, 0.15) is 0 Å². The highest BCUT2D eigenvalue weighted by atomic mass is 32.1. The van der Waals surface area contributed by atoms with E-state index in [1.54, 1.807) is 11.3 Å². The van der Waals surface area contributed by atoms with Crippen LogP contribution in [0.5, 0.6) is 0 Å². The van der Waals surface area contributed by atoms with E-state index < -0.39 is 0 Å². The number of aromatic nitrogens is 3. The summed E-state index contributed by atoms with van der Waals surface area (Å²) in [5.41, 5.74) is 3.30. The Morgan fingerprint density at radius 2 is 2.06 bits per heavy atom. The number of anilines is 1. The maximum absolute atomic E-state index is 4.52. The SMILES string of the molecule is Cc1nc(C(C)Nc2cn(C)nc2C(C)C)cs1. The molecule has 1 atom stereocenters. The summed E-state index contributed by atoms with van der Waals surface area (Å²) >= 11 is 1.69. The van der Waals surface area contributed by atoms with E-state index in [1.807, 2.05) is 24.9 Å². The van der Waals surface area contributed by atoms with Crippen molar-refractivity contribution in [3.8, 4) is 0 Å². The van der Waals surface area contributed by atoms with Crippen molar-refractivity contribution in [3.05, 3.63) is 28.0 Å². The number of hydrogen-bond acceptors (Lipinski definition) is 4. The van der Waals surface area contributed by atoms with Gasteiger partial charge in [-0.15, -0.1) is 11.3 Å². The number of nitrogens with one attached hydrogen (secondary N) is 1. The highest BCUT2D eigenvalue weighted by molar-refractivity contribution is 7.09. The van der Waals surface area contributed by atoms with E-state index in [0.717, 1.165) is 22.1 Å². The van der Waals surface area contributed by atoms with Gasteiger partial charge in [0.05, 0.1) is 28.1 Å². The Bertz CT molecular complexity index is 527. The molecule has 0 aliphatic heterocycles. The third-order valence-corrected chi connectivity index (χ3v) is 3.65. The first kappa shape index (κ1) is 13.1. The molecular formula is C13H20N4S. The molecule has 18 heavy (non-hydrogen) atoms. The normalized spacial score (nSPS) is 13.0. The lowest BCUT2D eigenvalue weighted by molar-refractivity contribution is 0.712. The van der Waals surface area contributed by atoms with Gasteiger partial charge in [-0.1, -0.05) is 13.8 Å². The molecule has 1 N–H and O–H groups in total. The van der Waals surface area contributed by atoms with Gasteiger partial charge in [0.15, 0.2) is 0 Å². The molecule has 1 unspecified atom stereocenters. The topological polar surface area (TPSA) is 42.7 Å². The van der Waals surface area contributed by atoms with Gasteiger partial charge in [-0.05, 0) is 19.8 Å². The van der Waals surface area contributed by atoms with E-state index in [0.29, 0.717) is 5.92 Å². The summed E-state index contributed by atoms with van der Waals surface area (Å²) in [5.74, 6) is 0.415. The average molecular weight is 264 g/mol. The minimum Gasteiger partial charge on any atom is -0.374 e. The van der Waals surface area contributed by atoms with E-state index in [9.17, 15) is 0 Å². The lowest BCUT2D eigenvalue weighted by Gasteiger charge is -2.13. The Kier molecular flexibility index (Phi) is 3.71. The Hall–Kier alpha value is -1.36. The molecule has 0 aliphatic rings. The Morgan fingerprint density at radius 1 is 1.33 bits per heavy atom. The van der Waals surface area contributed by atoms with Gasteiger partial charge < -0.3 is 5.32 Å². The van der Waals surface area contributed by atoms with Crippen LogP contribution in [0.2, 0.25) is 0 Å². The first-order valence-corrected chi connectivity index (χ1v) is 7.07. The Labute approximate surface area is 112 Å². The predicted octanol–water partition coefficient (Wildman–Crippen LogP) is 3.48. The van der Waals surface area contributed by atoms with Crippen LogP contribution in [-0.4, -0.2) is 14.8 Å². The predicted molar refractivity (Wildman–Crippen MR) is 76.2 cm³/mol. The van der Waals surface area contributed by atoms with E-state index in [-0.39, 0.29) is 6.04 Å². The quantitative estimate of drug-likeness (QED) is 0.919. The van der Waals surface area contributed by atoms with Gasteiger partial charge >= 0.3 is 0 Å². The van der Waals surface area contributed by atoms with E-state index in [4.69, 9.17) is 0 Å². The number of thiazole rings is 1. The number of rotatable bonds is 4. The van der Waals surface area contributed by atoms with Crippen molar-refractivity contribution < 1.29 is 0 Å². The van der Waals surface area contributed by atoms with Crippen LogP contribution in [0.25, 0.3) is 0 Å². The number of hydrogen-bond donors (Lipinski definition) is 1. The van der Waals surface area contributed by atoms with Crippen LogP contribution >= 0.6 is 11.3 Å². The summed E-state index contributed by atoms with van der Waals surface area (Å²) in [7, 11) is 1.95. The summed E-state index contributed by atoms with van der Waals surface area (Å²) in [5, 5.41) is 11.2.